The first-order valence-electron chi connectivity index (χ1n) is 19.7. The van der Waals surface area contributed by atoms with Crippen LogP contribution in [-0.4, -0.2) is 65.1 Å². The number of benzene rings is 5. The van der Waals surface area contributed by atoms with Crippen LogP contribution in [0.15, 0.2) is 108 Å². The number of amides is 3. The molecule has 0 radical (unpaired) electrons. The monoisotopic (exact) mass is 770 g/mol. The van der Waals surface area contributed by atoms with E-state index in [9.17, 15) is 14.4 Å². The number of imide groups is 1. The summed E-state index contributed by atoms with van der Waals surface area (Å²) in [4.78, 5) is 46.6. The van der Waals surface area contributed by atoms with Gasteiger partial charge in [-0.1, -0.05) is 48.5 Å². The number of hydrazone groups is 1. The van der Waals surface area contributed by atoms with Gasteiger partial charge in [0.25, 0.3) is 17.7 Å². The lowest BCUT2D eigenvalue weighted by atomic mass is 9.74. The van der Waals surface area contributed by atoms with Crippen LogP contribution in [0.25, 0.3) is 10.9 Å². The van der Waals surface area contributed by atoms with Crippen molar-refractivity contribution in [2.45, 2.75) is 39.7 Å². The summed E-state index contributed by atoms with van der Waals surface area (Å²) in [7, 11) is 0. The zero-order valence-electron chi connectivity index (χ0n) is 32.8. The fraction of sp³-hybridized carbons (Fsp3) is 0.213. The van der Waals surface area contributed by atoms with Gasteiger partial charge in [-0.05, 0) is 87.7 Å². The molecule has 0 atom stereocenters. The molecular formula is C47H42N6O5. The van der Waals surface area contributed by atoms with Gasteiger partial charge in [-0.2, -0.15) is 5.10 Å². The first-order chi connectivity index (χ1) is 28.2. The van der Waals surface area contributed by atoms with Gasteiger partial charge >= 0.3 is 0 Å². The zero-order valence-corrected chi connectivity index (χ0v) is 32.8. The van der Waals surface area contributed by atoms with E-state index in [1.165, 1.54) is 4.90 Å². The molecule has 0 bridgehead atoms. The number of aryl methyl sites for hydroxylation is 2. The summed E-state index contributed by atoms with van der Waals surface area (Å²) in [6, 6.07) is 32.3. The van der Waals surface area contributed by atoms with Gasteiger partial charge in [-0.25, -0.2) is 9.99 Å². The van der Waals surface area contributed by atoms with Crippen LogP contribution in [0.5, 0.6) is 17.2 Å². The summed E-state index contributed by atoms with van der Waals surface area (Å²) in [5, 5.41) is 14.4. The Morgan fingerprint density at radius 3 is 1.98 bits per heavy atom. The van der Waals surface area contributed by atoms with Gasteiger partial charge in [0.15, 0.2) is 0 Å². The van der Waals surface area contributed by atoms with Gasteiger partial charge in [0, 0.05) is 70.8 Å². The summed E-state index contributed by atoms with van der Waals surface area (Å²) in [5.41, 5.74) is 7.80. The molecule has 1 aromatic heterocycles. The number of nitrogens with zero attached hydrogens (tertiary/aromatic N) is 4. The topological polar surface area (TPSA) is 125 Å². The second-order valence-corrected chi connectivity index (χ2v) is 14.7. The largest absolute Gasteiger partial charge is 0.491 e. The second-order valence-electron chi connectivity index (χ2n) is 14.7. The quantitative estimate of drug-likeness (QED) is 0.0762. The predicted molar refractivity (Wildman–Crippen MR) is 225 cm³/mol. The highest BCUT2D eigenvalue weighted by atomic mass is 16.5. The maximum atomic E-state index is 14.7. The Hall–Kier alpha value is -7.01. The fourth-order valence-electron chi connectivity index (χ4n) is 8.45. The highest BCUT2D eigenvalue weighted by Crippen LogP contribution is 2.59. The van der Waals surface area contributed by atoms with Gasteiger partial charge in [0.1, 0.15) is 28.3 Å². The van der Waals surface area contributed by atoms with Crippen molar-refractivity contribution in [3.05, 3.63) is 153 Å². The number of fused-ring (bicyclic) bond motifs is 8. The molecule has 3 aliphatic heterocycles. The first-order valence-corrected chi connectivity index (χ1v) is 19.7. The normalized spacial score (nSPS) is 14.8. The molecule has 58 heavy (non-hydrogen) atoms. The fourth-order valence-corrected chi connectivity index (χ4v) is 8.45. The van der Waals surface area contributed by atoms with Gasteiger partial charge < -0.3 is 20.1 Å². The molecule has 6 aromatic rings. The molecule has 11 nitrogen and oxygen atoms in total. The van der Waals surface area contributed by atoms with Crippen LogP contribution in [0.3, 0.4) is 0 Å². The van der Waals surface area contributed by atoms with E-state index < -0.39 is 5.54 Å². The van der Waals surface area contributed by atoms with E-state index in [4.69, 9.17) is 19.6 Å². The number of carbonyl (C=O) groups excluding carboxylic acids is 3. The maximum Gasteiger partial charge on any atom is 0.275 e. The number of para-hydroxylation sites is 1. The molecule has 3 aliphatic rings. The molecule has 11 heteroatoms. The number of pyridine rings is 1. The molecule has 3 amide bonds. The van der Waals surface area contributed by atoms with Gasteiger partial charge in [0.05, 0.1) is 29.6 Å². The third-order valence-electron chi connectivity index (χ3n) is 11.1. The van der Waals surface area contributed by atoms with E-state index in [1.807, 2.05) is 66.7 Å². The average Bonchev–Trinajstić information content (AvgIpc) is 3.62. The highest BCUT2D eigenvalue weighted by Gasteiger charge is 2.57. The number of hydrogen-bond donors (Lipinski definition) is 2. The van der Waals surface area contributed by atoms with Crippen molar-refractivity contribution in [2.75, 3.05) is 36.9 Å². The molecular weight excluding hydrogens is 729 g/mol. The Labute approximate surface area is 336 Å². The van der Waals surface area contributed by atoms with E-state index in [2.05, 4.69) is 50.5 Å². The minimum atomic E-state index is -1.15. The summed E-state index contributed by atoms with van der Waals surface area (Å²) in [6.45, 7) is 10.2. The van der Waals surface area contributed by atoms with Crippen molar-refractivity contribution in [3.8, 4) is 17.2 Å². The minimum Gasteiger partial charge on any atom is -0.491 e. The average molecular weight is 771 g/mol. The van der Waals surface area contributed by atoms with Crippen molar-refractivity contribution >= 4 is 46.2 Å². The van der Waals surface area contributed by atoms with Crippen LogP contribution >= 0.6 is 0 Å². The standard InChI is InChI=1S/C47H42N6O5/c1-5-48-38-25-41-36(23-28(38)3)47(37-24-29(4)39(49-6-2)26-42(37)58-41)35-17-10-9-16-34(35)46(56)53(47)50-27-31-20-19-30-13-11-18-40(43(30)51-31)57-22-12-21-52-44(54)32-14-7-8-15-33(32)45(52)55/h7-11,13-20,23-27,48-49H,5-6,12,21-22H2,1-4H3/b50-27+. The van der Waals surface area contributed by atoms with Gasteiger partial charge in [-0.15, -0.1) is 0 Å². The summed E-state index contributed by atoms with van der Waals surface area (Å²) in [6.07, 6.45) is 2.07. The zero-order chi connectivity index (χ0) is 40.1. The lowest BCUT2D eigenvalue weighted by Crippen LogP contribution is -2.44. The molecule has 0 aliphatic carbocycles. The predicted octanol–water partition coefficient (Wildman–Crippen LogP) is 8.67. The van der Waals surface area contributed by atoms with Crippen LogP contribution in [-0.2, 0) is 5.54 Å². The Morgan fingerprint density at radius 2 is 1.34 bits per heavy atom. The van der Waals surface area contributed by atoms with Crippen molar-refractivity contribution in [1.82, 2.24) is 14.9 Å². The summed E-state index contributed by atoms with van der Waals surface area (Å²) < 4.78 is 13.0. The Kier molecular flexibility index (Phi) is 9.15. The second kappa shape index (κ2) is 14.5. The van der Waals surface area contributed by atoms with Crippen molar-refractivity contribution in [1.29, 1.82) is 0 Å². The SMILES string of the molecule is CCNc1cc2c(cc1C)C1(c3cc(C)c(NCC)cc3O2)c2ccccc2C(=O)N1/N=C/c1ccc2cccc(OCCCN3C(=O)c4ccccc4C3=O)c2n1. The van der Waals surface area contributed by atoms with Gasteiger partial charge in [0.2, 0.25) is 0 Å². The summed E-state index contributed by atoms with van der Waals surface area (Å²) in [5.74, 6) is 1.02. The van der Waals surface area contributed by atoms with Crippen LogP contribution in [0, 0.1) is 13.8 Å². The van der Waals surface area contributed by atoms with E-state index in [1.54, 1.807) is 35.5 Å². The maximum absolute atomic E-state index is 14.7. The molecule has 0 saturated heterocycles. The smallest absolute Gasteiger partial charge is 0.275 e. The summed E-state index contributed by atoms with van der Waals surface area (Å²) >= 11 is 0. The third kappa shape index (κ3) is 5.76. The number of aromatic nitrogens is 1. The van der Waals surface area contributed by atoms with Crippen molar-refractivity contribution in [3.63, 3.8) is 0 Å². The highest BCUT2D eigenvalue weighted by molar-refractivity contribution is 6.21. The lowest BCUT2D eigenvalue weighted by Gasteiger charge is -2.42. The number of ether oxygens (including phenoxy) is 2. The molecule has 0 fully saturated rings. The number of rotatable bonds is 11. The van der Waals surface area contributed by atoms with Crippen LogP contribution in [0.4, 0.5) is 11.4 Å². The van der Waals surface area contributed by atoms with Crippen LogP contribution in [0.2, 0.25) is 0 Å². The van der Waals surface area contributed by atoms with Crippen LogP contribution < -0.4 is 20.1 Å². The third-order valence-corrected chi connectivity index (χ3v) is 11.1. The molecule has 0 unspecified atom stereocenters. The van der Waals surface area contributed by atoms with Crippen molar-refractivity contribution < 1.29 is 23.9 Å². The number of hydrogen-bond acceptors (Lipinski definition) is 9. The first kappa shape index (κ1) is 36.6. The Morgan fingerprint density at radius 1 is 0.724 bits per heavy atom. The molecule has 9 rings (SSSR count). The Balaban J connectivity index is 1.08. The van der Waals surface area contributed by atoms with E-state index in [0.29, 0.717) is 51.6 Å². The molecule has 290 valence electrons. The molecule has 4 heterocycles. The number of anilines is 2. The lowest BCUT2D eigenvalue weighted by molar-refractivity contribution is 0.0643. The van der Waals surface area contributed by atoms with E-state index in [0.717, 1.165) is 57.7 Å². The Bertz CT molecular complexity index is 2610. The van der Waals surface area contributed by atoms with Crippen molar-refractivity contribution in [2.24, 2.45) is 5.10 Å². The van der Waals surface area contributed by atoms with E-state index >= 15 is 0 Å². The minimum absolute atomic E-state index is 0.236. The molecule has 5 aromatic carbocycles. The molecule has 2 N–H and O–H groups in total. The van der Waals surface area contributed by atoms with Crippen LogP contribution in [0.1, 0.15) is 84.9 Å². The molecule has 1 spiro atoms. The molecule has 0 saturated carbocycles. The number of nitrogens with one attached hydrogen (secondary N) is 2. The van der Waals surface area contributed by atoms with E-state index in [-0.39, 0.29) is 30.9 Å². The number of carbonyl (C=O) groups is 3. The van der Waals surface area contributed by atoms with Gasteiger partial charge in [-0.3, -0.25) is 19.3 Å².